The highest BCUT2D eigenvalue weighted by Crippen LogP contribution is 2.33. The number of hydrogen-bond acceptors (Lipinski definition) is 4. The maximum absolute atomic E-state index is 5.75. The molecule has 0 saturated heterocycles. The van der Waals surface area contributed by atoms with Gasteiger partial charge in [0.05, 0.1) is 24.3 Å². The van der Waals surface area contributed by atoms with Crippen molar-refractivity contribution in [1.82, 2.24) is 9.97 Å². The third kappa shape index (κ3) is 1.74. The van der Waals surface area contributed by atoms with E-state index in [-0.39, 0.29) is 6.10 Å². The molecule has 0 amide bonds. The molecule has 0 radical (unpaired) electrons. The summed E-state index contributed by atoms with van der Waals surface area (Å²) in [6.07, 6.45) is 2.80. The maximum Gasteiger partial charge on any atom is 0.213 e. The number of methoxy groups -OCH3 is 1. The molecule has 0 spiro atoms. The van der Waals surface area contributed by atoms with Crippen molar-refractivity contribution in [3.63, 3.8) is 0 Å². The lowest BCUT2D eigenvalue weighted by Gasteiger charge is -2.04. The Labute approximate surface area is 107 Å². The first-order chi connectivity index (χ1) is 8.31. The monoisotopic (exact) mass is 294 g/mol. The average molecular weight is 295 g/mol. The zero-order valence-electron chi connectivity index (χ0n) is 9.31. The Morgan fingerprint density at radius 1 is 1.53 bits per heavy atom. The predicted octanol–water partition coefficient (Wildman–Crippen LogP) is 2.34. The quantitative estimate of drug-likeness (QED) is 0.798. The van der Waals surface area contributed by atoms with Crippen molar-refractivity contribution in [2.75, 3.05) is 12.4 Å². The van der Waals surface area contributed by atoms with E-state index in [1.807, 2.05) is 12.1 Å². The number of nitrogens with zero attached hydrogens (tertiary/aromatic N) is 2. The van der Waals surface area contributed by atoms with Gasteiger partial charge in [-0.2, -0.15) is 0 Å². The van der Waals surface area contributed by atoms with E-state index in [0.29, 0.717) is 5.88 Å². The molecule has 1 unspecified atom stereocenters. The summed E-state index contributed by atoms with van der Waals surface area (Å²) in [6, 6.07) is 3.74. The fraction of sp³-hybridized carbons (Fsp3) is 0.333. The summed E-state index contributed by atoms with van der Waals surface area (Å²) in [5.41, 5.74) is 2.88. The van der Waals surface area contributed by atoms with E-state index >= 15 is 0 Å². The molecule has 0 aliphatic carbocycles. The topological polar surface area (TPSA) is 44.2 Å². The first-order valence-electron chi connectivity index (χ1n) is 5.37. The van der Waals surface area contributed by atoms with Gasteiger partial charge in [-0.05, 0) is 6.07 Å². The number of ether oxygens (including phenoxy) is 2. The zero-order chi connectivity index (χ0) is 11.8. The zero-order valence-corrected chi connectivity index (χ0v) is 10.9. The van der Waals surface area contributed by atoms with Crippen molar-refractivity contribution < 1.29 is 9.47 Å². The molecule has 88 valence electrons. The predicted molar refractivity (Wildman–Crippen MR) is 68.0 cm³/mol. The number of hydrogen-bond donors (Lipinski definition) is 0. The number of rotatable bonds is 2. The normalized spacial score (nSPS) is 17.9. The van der Waals surface area contributed by atoms with Crippen LogP contribution in [-0.2, 0) is 6.42 Å². The number of fused-ring (bicyclic) bond motifs is 3. The molecule has 1 atom stereocenters. The lowest BCUT2D eigenvalue weighted by Crippen LogP contribution is -2.13. The van der Waals surface area contributed by atoms with Crippen molar-refractivity contribution in [3.05, 3.63) is 23.9 Å². The highest BCUT2D eigenvalue weighted by atomic mass is 79.9. The van der Waals surface area contributed by atoms with Crippen molar-refractivity contribution >= 4 is 27.0 Å². The maximum atomic E-state index is 5.75. The first kappa shape index (κ1) is 10.8. The van der Waals surface area contributed by atoms with E-state index in [2.05, 4.69) is 25.9 Å². The summed E-state index contributed by atoms with van der Waals surface area (Å²) in [4.78, 5) is 8.79. The van der Waals surface area contributed by atoms with Crippen LogP contribution in [0.15, 0.2) is 18.3 Å². The molecule has 2 aromatic rings. The lowest BCUT2D eigenvalue weighted by atomic mass is 10.1. The lowest BCUT2D eigenvalue weighted by molar-refractivity contribution is 0.260. The van der Waals surface area contributed by atoms with Gasteiger partial charge >= 0.3 is 0 Å². The molecular formula is C12H11BrN2O2. The third-order valence-electron chi connectivity index (χ3n) is 2.86. The van der Waals surface area contributed by atoms with Crippen LogP contribution in [0.1, 0.15) is 5.56 Å². The first-order valence-corrected chi connectivity index (χ1v) is 6.49. The highest BCUT2D eigenvalue weighted by molar-refractivity contribution is 9.09. The molecular weight excluding hydrogens is 284 g/mol. The van der Waals surface area contributed by atoms with Crippen LogP contribution in [0.4, 0.5) is 0 Å². The number of halogens is 1. The van der Waals surface area contributed by atoms with Gasteiger partial charge in [-0.3, -0.25) is 4.98 Å². The fourth-order valence-electron chi connectivity index (χ4n) is 2.03. The van der Waals surface area contributed by atoms with Crippen LogP contribution in [-0.4, -0.2) is 28.5 Å². The molecule has 1 aliphatic rings. The van der Waals surface area contributed by atoms with Gasteiger partial charge in [0.2, 0.25) is 5.88 Å². The summed E-state index contributed by atoms with van der Waals surface area (Å²) >= 11 is 3.44. The Hall–Kier alpha value is -1.36. The Balaban J connectivity index is 2.18. The SMILES string of the molecule is COc1ccc2ncc3c(c2n1)CC(CBr)O3. The minimum atomic E-state index is 0.172. The fourth-order valence-corrected chi connectivity index (χ4v) is 2.39. The second kappa shape index (κ2) is 4.14. The van der Waals surface area contributed by atoms with Crippen LogP contribution in [0.5, 0.6) is 11.6 Å². The summed E-state index contributed by atoms with van der Waals surface area (Å²) in [6.45, 7) is 0. The van der Waals surface area contributed by atoms with Crippen LogP contribution in [0.2, 0.25) is 0 Å². The smallest absolute Gasteiger partial charge is 0.213 e. The van der Waals surface area contributed by atoms with Crippen molar-refractivity contribution in [1.29, 1.82) is 0 Å². The van der Waals surface area contributed by atoms with Gasteiger partial charge in [0.15, 0.2) is 0 Å². The highest BCUT2D eigenvalue weighted by Gasteiger charge is 2.25. The standard InChI is InChI=1S/C12H11BrN2O2/c1-16-11-3-2-9-12(15-11)8-4-7(5-13)17-10(8)6-14-9/h2-3,6-7H,4-5H2,1H3. The molecule has 1 aliphatic heterocycles. The Kier molecular flexibility index (Phi) is 2.63. The van der Waals surface area contributed by atoms with Crippen molar-refractivity contribution in [2.24, 2.45) is 0 Å². The second-order valence-electron chi connectivity index (χ2n) is 3.92. The molecule has 0 N–H and O–H groups in total. The van der Waals surface area contributed by atoms with Crippen molar-refractivity contribution in [2.45, 2.75) is 12.5 Å². The van der Waals surface area contributed by atoms with Gasteiger partial charge in [0, 0.05) is 23.4 Å². The third-order valence-corrected chi connectivity index (χ3v) is 3.58. The summed E-state index contributed by atoms with van der Waals surface area (Å²) in [5.74, 6) is 1.44. The van der Waals surface area contributed by atoms with Gasteiger partial charge in [0.25, 0.3) is 0 Å². The van der Waals surface area contributed by atoms with Gasteiger partial charge < -0.3 is 9.47 Å². The molecule has 0 saturated carbocycles. The van der Waals surface area contributed by atoms with Crippen molar-refractivity contribution in [3.8, 4) is 11.6 Å². The molecule has 4 nitrogen and oxygen atoms in total. The molecule has 5 heteroatoms. The van der Waals surface area contributed by atoms with Crippen LogP contribution < -0.4 is 9.47 Å². The van der Waals surface area contributed by atoms with E-state index < -0.39 is 0 Å². The molecule has 2 aromatic heterocycles. The molecule has 3 heterocycles. The molecule has 0 fully saturated rings. The van der Waals surface area contributed by atoms with E-state index in [0.717, 1.165) is 34.1 Å². The van der Waals surface area contributed by atoms with Gasteiger partial charge in [0.1, 0.15) is 11.9 Å². The molecule has 0 aromatic carbocycles. The van der Waals surface area contributed by atoms with Crippen LogP contribution in [0, 0.1) is 0 Å². The second-order valence-corrected chi connectivity index (χ2v) is 4.57. The largest absolute Gasteiger partial charge is 0.487 e. The van der Waals surface area contributed by atoms with Gasteiger partial charge in [-0.1, -0.05) is 15.9 Å². The Morgan fingerprint density at radius 2 is 2.41 bits per heavy atom. The van der Waals surface area contributed by atoms with Crippen LogP contribution >= 0.6 is 15.9 Å². The average Bonchev–Trinajstić information content (AvgIpc) is 2.81. The summed E-state index contributed by atoms with van der Waals surface area (Å²) in [5, 5.41) is 0.813. The van der Waals surface area contributed by atoms with E-state index in [9.17, 15) is 0 Å². The molecule has 17 heavy (non-hydrogen) atoms. The Bertz CT molecular complexity index is 574. The summed E-state index contributed by atoms with van der Waals surface area (Å²) in [7, 11) is 1.61. The minimum absolute atomic E-state index is 0.172. The number of alkyl halides is 1. The summed E-state index contributed by atoms with van der Waals surface area (Å²) < 4.78 is 10.9. The number of pyridine rings is 2. The van der Waals surface area contributed by atoms with Gasteiger partial charge in [-0.15, -0.1) is 0 Å². The van der Waals surface area contributed by atoms with Gasteiger partial charge in [-0.25, -0.2) is 4.98 Å². The van der Waals surface area contributed by atoms with Crippen LogP contribution in [0.3, 0.4) is 0 Å². The minimum Gasteiger partial charge on any atom is -0.487 e. The Morgan fingerprint density at radius 3 is 3.18 bits per heavy atom. The van der Waals surface area contributed by atoms with E-state index in [4.69, 9.17) is 9.47 Å². The van der Waals surface area contributed by atoms with Crippen LogP contribution in [0.25, 0.3) is 11.0 Å². The molecule has 0 bridgehead atoms. The van der Waals surface area contributed by atoms with E-state index in [1.165, 1.54) is 0 Å². The molecule has 3 rings (SSSR count). The number of aromatic nitrogens is 2. The van der Waals surface area contributed by atoms with E-state index in [1.54, 1.807) is 13.3 Å².